The number of nitriles is 1. The summed E-state index contributed by atoms with van der Waals surface area (Å²) in [4.78, 5) is 29.1. The van der Waals surface area contributed by atoms with Gasteiger partial charge >= 0.3 is 5.97 Å². The number of fused-ring (bicyclic) bond motifs is 2. The van der Waals surface area contributed by atoms with Crippen LogP contribution < -0.4 is 0 Å². The quantitative estimate of drug-likeness (QED) is 0.192. The van der Waals surface area contributed by atoms with Crippen LogP contribution in [0.25, 0.3) is 22.6 Å². The fourth-order valence-corrected chi connectivity index (χ4v) is 4.61. The number of para-hydroxylation sites is 1. The highest BCUT2D eigenvalue weighted by molar-refractivity contribution is 6.06. The van der Waals surface area contributed by atoms with Gasteiger partial charge in [-0.25, -0.2) is 9.78 Å². The van der Waals surface area contributed by atoms with Crippen LogP contribution in [0.15, 0.2) is 72.8 Å². The first-order chi connectivity index (χ1) is 17.5. The van der Waals surface area contributed by atoms with Crippen LogP contribution in [0.4, 0.5) is 5.69 Å². The second-order valence-corrected chi connectivity index (χ2v) is 8.55. The first kappa shape index (κ1) is 22.9. The van der Waals surface area contributed by atoms with Crippen molar-refractivity contribution in [2.75, 3.05) is 0 Å². The van der Waals surface area contributed by atoms with Crippen LogP contribution in [0.1, 0.15) is 51.1 Å². The Kier molecular flexibility index (Phi) is 6.25. The van der Waals surface area contributed by atoms with E-state index in [4.69, 9.17) is 9.72 Å². The summed E-state index contributed by atoms with van der Waals surface area (Å²) in [5.74, 6) is -0.464. The number of hydrogen-bond acceptors (Lipinski definition) is 6. The van der Waals surface area contributed by atoms with Crippen molar-refractivity contribution in [3.8, 4) is 6.07 Å². The summed E-state index contributed by atoms with van der Waals surface area (Å²) in [7, 11) is 0. The van der Waals surface area contributed by atoms with E-state index in [2.05, 4.69) is 6.07 Å². The van der Waals surface area contributed by atoms with Crippen molar-refractivity contribution in [2.45, 2.75) is 25.9 Å². The van der Waals surface area contributed by atoms with Crippen molar-refractivity contribution >= 4 is 34.2 Å². The van der Waals surface area contributed by atoms with Gasteiger partial charge in [0.1, 0.15) is 6.61 Å². The molecule has 7 heteroatoms. The first-order valence-corrected chi connectivity index (χ1v) is 11.6. The third-order valence-electron chi connectivity index (χ3n) is 6.29. The molecule has 0 aliphatic heterocycles. The van der Waals surface area contributed by atoms with Crippen molar-refractivity contribution in [1.82, 2.24) is 4.98 Å². The molecule has 1 aliphatic carbocycles. The molecule has 1 heterocycles. The molecule has 1 aliphatic rings. The SMILES string of the molecule is N#Cc1ccccc1COC(=O)c1c2c(nc3ccccc13)C(=Cc1cccc([N+](=O)[O-])c1)CCC2. The largest absolute Gasteiger partial charge is 0.457 e. The van der Waals surface area contributed by atoms with Crippen molar-refractivity contribution in [1.29, 1.82) is 5.26 Å². The smallest absolute Gasteiger partial charge is 0.339 e. The van der Waals surface area contributed by atoms with E-state index in [1.54, 1.807) is 30.3 Å². The third-order valence-corrected chi connectivity index (χ3v) is 6.29. The lowest BCUT2D eigenvalue weighted by atomic mass is 9.86. The minimum atomic E-state index is -0.464. The predicted octanol–water partition coefficient (Wildman–Crippen LogP) is 6.25. The van der Waals surface area contributed by atoms with Crippen LogP contribution in [-0.2, 0) is 17.8 Å². The molecule has 0 unspecified atom stereocenters. The highest BCUT2D eigenvalue weighted by Gasteiger charge is 2.26. The highest BCUT2D eigenvalue weighted by atomic mass is 16.6. The fraction of sp³-hybridized carbons (Fsp3) is 0.138. The number of esters is 1. The van der Waals surface area contributed by atoms with Gasteiger partial charge in [0.2, 0.25) is 0 Å². The van der Waals surface area contributed by atoms with Gasteiger partial charge in [0.25, 0.3) is 5.69 Å². The fourth-order valence-electron chi connectivity index (χ4n) is 4.61. The number of hydrogen-bond donors (Lipinski definition) is 0. The Morgan fingerprint density at radius 2 is 1.89 bits per heavy atom. The van der Waals surface area contributed by atoms with E-state index >= 15 is 0 Å². The molecule has 0 amide bonds. The molecular weight excluding hydrogens is 454 g/mol. The van der Waals surface area contributed by atoms with Crippen molar-refractivity contribution in [3.05, 3.63) is 116 Å². The van der Waals surface area contributed by atoms with Gasteiger partial charge < -0.3 is 4.74 Å². The van der Waals surface area contributed by atoms with Gasteiger partial charge in [-0.15, -0.1) is 0 Å². The molecule has 4 aromatic rings. The molecule has 0 radical (unpaired) electrons. The Balaban J connectivity index is 1.58. The summed E-state index contributed by atoms with van der Waals surface area (Å²) in [6, 6.07) is 23.1. The van der Waals surface area contributed by atoms with Crippen LogP contribution >= 0.6 is 0 Å². The van der Waals surface area contributed by atoms with Crippen LogP contribution in [0.2, 0.25) is 0 Å². The van der Waals surface area contributed by atoms with E-state index in [0.29, 0.717) is 39.6 Å². The summed E-state index contributed by atoms with van der Waals surface area (Å²) in [5.41, 5.74) is 5.45. The average molecular weight is 476 g/mol. The van der Waals surface area contributed by atoms with E-state index in [1.165, 1.54) is 12.1 Å². The van der Waals surface area contributed by atoms with E-state index < -0.39 is 10.9 Å². The minimum absolute atomic E-state index is 0.00955. The van der Waals surface area contributed by atoms with Gasteiger partial charge in [0, 0.05) is 23.1 Å². The van der Waals surface area contributed by atoms with Crippen molar-refractivity contribution in [3.63, 3.8) is 0 Å². The number of nitrogens with zero attached hydrogens (tertiary/aromatic N) is 3. The van der Waals surface area contributed by atoms with E-state index in [9.17, 15) is 20.2 Å². The number of allylic oxidation sites excluding steroid dienone is 1. The molecule has 0 bridgehead atoms. The third kappa shape index (κ3) is 4.44. The van der Waals surface area contributed by atoms with Crippen LogP contribution in [0, 0.1) is 21.4 Å². The molecule has 0 N–H and O–H groups in total. The number of non-ortho nitro benzene ring substituents is 1. The monoisotopic (exact) mass is 475 g/mol. The maximum Gasteiger partial charge on any atom is 0.339 e. The van der Waals surface area contributed by atoms with Gasteiger partial charge in [-0.05, 0) is 54.2 Å². The number of nitro benzene ring substituents is 1. The molecule has 7 nitrogen and oxygen atoms in total. The Hall–Kier alpha value is -4.83. The molecule has 5 rings (SSSR count). The molecule has 0 fully saturated rings. The number of benzene rings is 3. The maximum atomic E-state index is 13.5. The second kappa shape index (κ2) is 9.80. The summed E-state index contributed by atoms with van der Waals surface area (Å²) in [6.07, 6.45) is 4.13. The zero-order chi connectivity index (χ0) is 25.1. The molecule has 0 saturated heterocycles. The molecular formula is C29H21N3O4. The summed E-state index contributed by atoms with van der Waals surface area (Å²) < 4.78 is 5.71. The normalized spacial score (nSPS) is 13.7. The van der Waals surface area contributed by atoms with Crippen LogP contribution in [0.5, 0.6) is 0 Å². The van der Waals surface area contributed by atoms with Crippen molar-refractivity contribution < 1.29 is 14.5 Å². The van der Waals surface area contributed by atoms with Crippen LogP contribution in [-0.4, -0.2) is 15.9 Å². The lowest BCUT2D eigenvalue weighted by molar-refractivity contribution is -0.384. The molecule has 176 valence electrons. The Morgan fingerprint density at radius 1 is 1.08 bits per heavy atom. The highest BCUT2D eigenvalue weighted by Crippen LogP contribution is 2.36. The zero-order valence-corrected chi connectivity index (χ0v) is 19.3. The number of pyridine rings is 1. The van der Waals surface area contributed by atoms with E-state index in [-0.39, 0.29) is 12.3 Å². The van der Waals surface area contributed by atoms with Crippen molar-refractivity contribution in [2.24, 2.45) is 0 Å². The zero-order valence-electron chi connectivity index (χ0n) is 19.3. The molecule has 1 aromatic heterocycles. The Morgan fingerprint density at radius 3 is 2.72 bits per heavy atom. The average Bonchev–Trinajstić information content (AvgIpc) is 2.91. The van der Waals surface area contributed by atoms with Gasteiger partial charge in [-0.3, -0.25) is 10.1 Å². The number of rotatable bonds is 5. The van der Waals surface area contributed by atoms with E-state index in [0.717, 1.165) is 29.7 Å². The van der Waals surface area contributed by atoms with Gasteiger partial charge in [0.05, 0.1) is 33.3 Å². The van der Waals surface area contributed by atoms with Gasteiger partial charge in [-0.2, -0.15) is 5.26 Å². The summed E-state index contributed by atoms with van der Waals surface area (Å²) in [6.45, 7) is -0.00955. The second-order valence-electron chi connectivity index (χ2n) is 8.55. The lowest BCUT2D eigenvalue weighted by Gasteiger charge is -2.22. The Labute approximate surface area is 207 Å². The number of carbonyl (C=O) groups excluding carboxylic acids is 1. The lowest BCUT2D eigenvalue weighted by Crippen LogP contribution is -2.15. The van der Waals surface area contributed by atoms with Gasteiger partial charge in [0.15, 0.2) is 0 Å². The molecule has 0 spiro atoms. The number of ether oxygens (including phenoxy) is 1. The minimum Gasteiger partial charge on any atom is -0.457 e. The topological polar surface area (TPSA) is 106 Å². The molecule has 0 atom stereocenters. The standard InChI is InChI=1S/C29H21N3O4/c30-17-21-8-1-2-9-22(21)18-36-29(33)27-24-12-3-4-14-26(24)31-28-20(10-6-13-25(27)28)15-19-7-5-11-23(16-19)32(34)35/h1-5,7-9,11-12,14-16H,6,10,13,18H2. The Bertz CT molecular complexity index is 1580. The van der Waals surface area contributed by atoms with E-state index in [1.807, 2.05) is 36.4 Å². The van der Waals surface area contributed by atoms with Gasteiger partial charge in [-0.1, -0.05) is 48.5 Å². The molecule has 36 heavy (non-hydrogen) atoms. The maximum absolute atomic E-state index is 13.5. The summed E-state index contributed by atoms with van der Waals surface area (Å²) >= 11 is 0. The number of carbonyl (C=O) groups is 1. The summed E-state index contributed by atoms with van der Waals surface area (Å²) in [5, 5.41) is 21.3. The number of aromatic nitrogens is 1. The molecule has 0 saturated carbocycles. The predicted molar refractivity (Wildman–Crippen MR) is 136 cm³/mol. The number of nitro groups is 1. The molecule has 3 aromatic carbocycles. The van der Waals surface area contributed by atoms with Crippen LogP contribution in [0.3, 0.4) is 0 Å². The first-order valence-electron chi connectivity index (χ1n) is 11.6.